The topological polar surface area (TPSA) is 70.2 Å². The van der Waals surface area contributed by atoms with Gasteiger partial charge in [-0.15, -0.1) is 24.0 Å². The Kier molecular flexibility index (Phi) is 8.41. The molecule has 0 saturated carbocycles. The molecule has 162 valence electrons. The van der Waals surface area contributed by atoms with Crippen molar-refractivity contribution in [2.24, 2.45) is 10.7 Å². The van der Waals surface area contributed by atoms with Crippen molar-refractivity contribution in [2.45, 2.75) is 6.54 Å². The smallest absolute Gasteiger partial charge is 0.191 e. The van der Waals surface area contributed by atoms with Crippen LogP contribution in [0.4, 0.5) is 11.5 Å². The molecule has 2 aliphatic heterocycles. The third-order valence-electron chi connectivity index (χ3n) is 5.38. The lowest BCUT2D eigenvalue weighted by atomic mass is 10.2. The Balaban J connectivity index is 0.00000256. The van der Waals surface area contributed by atoms with Gasteiger partial charge in [-0.05, 0) is 30.3 Å². The average molecular weight is 543 g/mol. The van der Waals surface area contributed by atoms with Crippen molar-refractivity contribution in [3.63, 3.8) is 0 Å². The number of guanidine groups is 1. The molecule has 2 fully saturated rings. The number of nitrogens with zero attached hydrogens (tertiary/aromatic N) is 5. The summed E-state index contributed by atoms with van der Waals surface area (Å²) in [6.45, 7) is 7.23. The Bertz CT molecular complexity index is 836. The molecule has 0 atom stereocenters. The zero-order valence-electron chi connectivity index (χ0n) is 16.9. The molecule has 0 bridgehead atoms. The summed E-state index contributed by atoms with van der Waals surface area (Å²) in [6.07, 6.45) is 1.83. The van der Waals surface area contributed by atoms with Crippen molar-refractivity contribution in [3.8, 4) is 0 Å². The van der Waals surface area contributed by atoms with Crippen LogP contribution in [-0.4, -0.2) is 68.3 Å². The van der Waals surface area contributed by atoms with E-state index >= 15 is 0 Å². The summed E-state index contributed by atoms with van der Waals surface area (Å²) in [7, 11) is 0. The van der Waals surface area contributed by atoms with Crippen LogP contribution in [0.3, 0.4) is 0 Å². The number of aromatic nitrogens is 1. The van der Waals surface area contributed by atoms with E-state index in [1.807, 2.05) is 24.4 Å². The predicted molar refractivity (Wildman–Crippen MR) is 133 cm³/mol. The van der Waals surface area contributed by atoms with Crippen molar-refractivity contribution in [1.82, 2.24) is 9.88 Å². The number of morpholine rings is 1. The highest BCUT2D eigenvalue weighted by Crippen LogP contribution is 2.21. The molecule has 0 radical (unpaired) electrons. The molecule has 0 spiro atoms. The van der Waals surface area contributed by atoms with Crippen LogP contribution < -0.4 is 15.5 Å². The van der Waals surface area contributed by atoms with E-state index in [-0.39, 0.29) is 24.0 Å². The van der Waals surface area contributed by atoms with Crippen LogP contribution in [0.25, 0.3) is 0 Å². The molecule has 2 aromatic rings. The molecule has 0 unspecified atom stereocenters. The molecule has 1 aromatic heterocycles. The van der Waals surface area contributed by atoms with Crippen LogP contribution in [-0.2, 0) is 11.3 Å². The van der Waals surface area contributed by atoms with Crippen LogP contribution in [0, 0.1) is 0 Å². The predicted octanol–water partition coefficient (Wildman–Crippen LogP) is 2.83. The van der Waals surface area contributed by atoms with Gasteiger partial charge in [-0.1, -0.05) is 17.7 Å². The van der Waals surface area contributed by atoms with Crippen molar-refractivity contribution in [2.75, 3.05) is 62.3 Å². The number of aliphatic imine (C=N–C) groups is 1. The summed E-state index contributed by atoms with van der Waals surface area (Å²) >= 11 is 5.99. The summed E-state index contributed by atoms with van der Waals surface area (Å²) in [5.74, 6) is 1.58. The molecule has 2 N–H and O–H groups in total. The number of halogens is 2. The summed E-state index contributed by atoms with van der Waals surface area (Å²) in [5, 5.41) is 0.760. The molecule has 4 rings (SSSR count). The minimum absolute atomic E-state index is 0. The van der Waals surface area contributed by atoms with E-state index in [0.29, 0.717) is 12.5 Å². The highest BCUT2D eigenvalue weighted by atomic mass is 127. The molecule has 7 nitrogen and oxygen atoms in total. The number of hydrogen-bond acceptors (Lipinski definition) is 5. The summed E-state index contributed by atoms with van der Waals surface area (Å²) in [6, 6.07) is 12.0. The quantitative estimate of drug-likeness (QED) is 0.364. The molecular formula is C21H28ClIN6O. The first kappa shape index (κ1) is 22.9. The second-order valence-corrected chi connectivity index (χ2v) is 7.65. The first-order chi connectivity index (χ1) is 14.2. The van der Waals surface area contributed by atoms with Crippen LogP contribution in [0.15, 0.2) is 47.6 Å². The fraction of sp³-hybridized carbons (Fsp3) is 0.429. The van der Waals surface area contributed by atoms with Crippen molar-refractivity contribution >= 4 is 53.0 Å². The average Bonchev–Trinajstić information content (AvgIpc) is 2.79. The maximum absolute atomic E-state index is 6.31. The largest absolute Gasteiger partial charge is 0.378 e. The van der Waals surface area contributed by atoms with Crippen LogP contribution >= 0.6 is 35.6 Å². The Morgan fingerprint density at radius 3 is 2.40 bits per heavy atom. The second-order valence-electron chi connectivity index (χ2n) is 7.21. The molecular weight excluding hydrogens is 515 g/mol. The molecule has 2 saturated heterocycles. The summed E-state index contributed by atoms with van der Waals surface area (Å²) in [5.41, 5.74) is 8.60. The van der Waals surface area contributed by atoms with Crippen molar-refractivity contribution in [1.29, 1.82) is 0 Å². The monoisotopic (exact) mass is 542 g/mol. The third-order valence-corrected chi connectivity index (χ3v) is 5.64. The van der Waals surface area contributed by atoms with Gasteiger partial charge >= 0.3 is 0 Å². The number of hydrogen-bond donors (Lipinski definition) is 1. The Hall–Kier alpha value is -1.78. The summed E-state index contributed by atoms with van der Waals surface area (Å²) in [4.78, 5) is 16.0. The third kappa shape index (κ3) is 5.67. The Morgan fingerprint density at radius 2 is 1.70 bits per heavy atom. The van der Waals surface area contributed by atoms with Gasteiger partial charge in [-0.2, -0.15) is 0 Å². The SMILES string of the molecule is I.NC(=NCc1cccnc1N1CCOCC1)N1CCN(c2ccc(Cl)cc2)CC1. The second kappa shape index (κ2) is 11.0. The van der Waals surface area contributed by atoms with Gasteiger partial charge in [0.05, 0.1) is 19.8 Å². The number of anilines is 2. The number of nitrogens with two attached hydrogens (primary N) is 1. The van der Waals surface area contributed by atoms with E-state index in [9.17, 15) is 0 Å². The molecule has 30 heavy (non-hydrogen) atoms. The Labute approximate surface area is 199 Å². The van der Waals surface area contributed by atoms with E-state index < -0.39 is 0 Å². The van der Waals surface area contributed by atoms with Gasteiger partial charge in [-0.3, -0.25) is 0 Å². The minimum atomic E-state index is 0. The van der Waals surface area contributed by atoms with E-state index in [1.54, 1.807) is 0 Å². The zero-order chi connectivity index (χ0) is 20.1. The molecule has 0 aliphatic carbocycles. The molecule has 9 heteroatoms. The molecule has 2 aliphatic rings. The van der Waals surface area contributed by atoms with Crippen molar-refractivity contribution < 1.29 is 4.74 Å². The number of piperazine rings is 1. The van der Waals surface area contributed by atoms with E-state index in [4.69, 9.17) is 22.1 Å². The number of pyridine rings is 1. The lowest BCUT2D eigenvalue weighted by Gasteiger charge is -2.36. The van der Waals surface area contributed by atoms with Gasteiger partial charge in [0.1, 0.15) is 5.82 Å². The molecule has 1 aromatic carbocycles. The van der Waals surface area contributed by atoms with Crippen LogP contribution in [0.5, 0.6) is 0 Å². The lowest BCUT2D eigenvalue weighted by Crippen LogP contribution is -2.51. The normalized spacial score (nSPS) is 17.6. The van der Waals surface area contributed by atoms with Gasteiger partial charge in [0.15, 0.2) is 5.96 Å². The maximum atomic E-state index is 6.31. The van der Waals surface area contributed by atoms with Crippen LogP contribution in [0.2, 0.25) is 5.02 Å². The standard InChI is InChI=1S/C21H27ClN6O.HI/c22-18-3-5-19(6-4-18)26-8-10-28(11-9-26)21(23)25-16-17-2-1-7-24-20(17)27-12-14-29-15-13-27;/h1-7H,8-16H2,(H2,23,25);1H. The molecule has 3 heterocycles. The van der Waals surface area contributed by atoms with E-state index in [0.717, 1.165) is 68.9 Å². The van der Waals surface area contributed by atoms with Gasteiger partial charge in [0.2, 0.25) is 0 Å². The highest BCUT2D eigenvalue weighted by Gasteiger charge is 2.19. The van der Waals surface area contributed by atoms with Gasteiger partial charge in [0.25, 0.3) is 0 Å². The fourth-order valence-corrected chi connectivity index (χ4v) is 3.85. The van der Waals surface area contributed by atoms with E-state index in [2.05, 4.69) is 42.9 Å². The first-order valence-electron chi connectivity index (χ1n) is 10.0. The lowest BCUT2D eigenvalue weighted by molar-refractivity contribution is 0.122. The minimum Gasteiger partial charge on any atom is -0.378 e. The Morgan fingerprint density at radius 1 is 1.00 bits per heavy atom. The molecule has 0 amide bonds. The van der Waals surface area contributed by atoms with Crippen molar-refractivity contribution in [3.05, 3.63) is 53.2 Å². The number of ether oxygens (including phenoxy) is 1. The van der Waals surface area contributed by atoms with Crippen LogP contribution in [0.1, 0.15) is 5.56 Å². The van der Waals surface area contributed by atoms with Gasteiger partial charge < -0.3 is 25.2 Å². The summed E-state index contributed by atoms with van der Waals surface area (Å²) < 4.78 is 5.45. The van der Waals surface area contributed by atoms with Gasteiger partial charge in [-0.25, -0.2) is 9.98 Å². The number of rotatable bonds is 4. The van der Waals surface area contributed by atoms with E-state index in [1.165, 1.54) is 5.69 Å². The fourth-order valence-electron chi connectivity index (χ4n) is 3.73. The highest BCUT2D eigenvalue weighted by molar-refractivity contribution is 14.0. The first-order valence-corrected chi connectivity index (χ1v) is 10.4. The maximum Gasteiger partial charge on any atom is 0.191 e. The van der Waals surface area contributed by atoms with Gasteiger partial charge in [0, 0.05) is 61.7 Å². The number of benzene rings is 1. The zero-order valence-corrected chi connectivity index (χ0v) is 20.0.